The molecule has 11 aromatic rings. The SMILES string of the molecule is [C-]#[N+]c1ccc(N(c2ccc(C)cc2)c2ccc3cc4c(cc3c2)oc2cc3oc5cc6cc(N(c7ccc(C#N)cc7)c7ccc([Si](C)(C)C)cc7)ccc6cc5c3cc24)cc1. The number of hydrogen-bond acceptors (Lipinski definition) is 5. The summed E-state index contributed by atoms with van der Waals surface area (Å²) in [5.74, 6) is 0. The third kappa shape index (κ3) is 6.64. The maximum atomic E-state index is 9.51. The van der Waals surface area contributed by atoms with Gasteiger partial charge in [-0.15, -0.1) is 0 Å². The van der Waals surface area contributed by atoms with Crippen molar-refractivity contribution >= 4 is 118 Å². The second-order valence-electron chi connectivity index (χ2n) is 17.4. The minimum atomic E-state index is -1.48. The standard InChI is InChI=1S/C56H40N4O2Si/c1-35-6-14-42(15-7-35)59(44-20-12-41(58-2)13-21-44)46-18-10-37-28-49-51-32-52-50-29-38-11-19-47(27-40(38)31-54(50)62-56(52)33-55(51)61-53(49)30-39(37)26-46)60(43-16-8-36(34-57)9-17-43)45-22-24-48(25-23-45)63(3,4)5/h6-33H,1,3-5H3. The monoisotopic (exact) mass is 828 g/mol. The van der Waals surface area contributed by atoms with Crippen LogP contribution < -0.4 is 15.0 Å². The van der Waals surface area contributed by atoms with Crippen LogP contribution in [-0.4, -0.2) is 8.07 Å². The number of hydrogen-bond donors (Lipinski definition) is 0. The van der Waals surface area contributed by atoms with Crippen LogP contribution in [0.4, 0.5) is 39.8 Å². The number of aryl methyl sites for hydroxylation is 1. The summed E-state index contributed by atoms with van der Waals surface area (Å²) >= 11 is 0. The summed E-state index contributed by atoms with van der Waals surface area (Å²) < 4.78 is 13.2. The molecule has 0 amide bonds. The van der Waals surface area contributed by atoms with Gasteiger partial charge < -0.3 is 18.6 Å². The van der Waals surface area contributed by atoms with Crippen molar-refractivity contribution in [2.75, 3.05) is 9.80 Å². The number of nitrogens with zero attached hydrogens (tertiary/aromatic N) is 4. The lowest BCUT2D eigenvalue weighted by atomic mass is 10.0. The average Bonchev–Trinajstić information content (AvgIpc) is 3.83. The highest BCUT2D eigenvalue weighted by molar-refractivity contribution is 6.88. The van der Waals surface area contributed by atoms with Crippen molar-refractivity contribution in [1.82, 2.24) is 0 Å². The van der Waals surface area contributed by atoms with Crippen molar-refractivity contribution in [3.63, 3.8) is 0 Å². The molecule has 0 aliphatic heterocycles. The molecule has 0 atom stereocenters. The van der Waals surface area contributed by atoms with E-state index in [1.807, 2.05) is 54.6 Å². The van der Waals surface area contributed by atoms with Crippen LogP contribution in [0.15, 0.2) is 179 Å². The minimum absolute atomic E-state index is 0.610. The van der Waals surface area contributed by atoms with Crippen molar-refractivity contribution in [3.05, 3.63) is 192 Å². The first-order chi connectivity index (χ1) is 30.6. The van der Waals surface area contributed by atoms with Gasteiger partial charge in [0.1, 0.15) is 22.3 Å². The molecule has 7 heteroatoms. The number of rotatable bonds is 7. The highest BCUT2D eigenvalue weighted by Gasteiger charge is 2.20. The van der Waals surface area contributed by atoms with Crippen molar-refractivity contribution < 1.29 is 8.83 Å². The van der Waals surface area contributed by atoms with Crippen LogP contribution in [0.5, 0.6) is 0 Å². The van der Waals surface area contributed by atoms with Gasteiger partial charge in [0.15, 0.2) is 5.69 Å². The molecule has 6 nitrogen and oxygen atoms in total. The average molecular weight is 829 g/mol. The fraction of sp³-hybridized carbons (Fsp3) is 0.0714. The Labute approximate surface area is 365 Å². The Morgan fingerprint density at radius 3 is 1.33 bits per heavy atom. The minimum Gasteiger partial charge on any atom is -0.456 e. The predicted molar refractivity (Wildman–Crippen MR) is 264 cm³/mol. The molecular weight excluding hydrogens is 789 g/mol. The van der Waals surface area contributed by atoms with Gasteiger partial charge in [0.2, 0.25) is 0 Å². The smallest absolute Gasteiger partial charge is 0.187 e. The largest absolute Gasteiger partial charge is 0.456 e. The molecule has 0 aliphatic rings. The summed E-state index contributed by atoms with van der Waals surface area (Å²) in [6, 6.07) is 61.3. The van der Waals surface area contributed by atoms with Crippen molar-refractivity contribution in [3.8, 4) is 6.07 Å². The van der Waals surface area contributed by atoms with Crippen molar-refractivity contribution in [2.24, 2.45) is 0 Å². The van der Waals surface area contributed by atoms with Crippen LogP contribution >= 0.6 is 0 Å². The molecular formula is C56H40N4O2Si. The lowest BCUT2D eigenvalue weighted by Gasteiger charge is -2.27. The van der Waals surface area contributed by atoms with Gasteiger partial charge in [0, 0.05) is 61.7 Å². The van der Waals surface area contributed by atoms with Crippen molar-refractivity contribution in [1.29, 1.82) is 5.26 Å². The molecule has 11 rings (SSSR count). The van der Waals surface area contributed by atoms with E-state index in [-0.39, 0.29) is 0 Å². The lowest BCUT2D eigenvalue weighted by molar-refractivity contribution is 0.656. The third-order valence-electron chi connectivity index (χ3n) is 12.2. The maximum absolute atomic E-state index is 9.51. The predicted octanol–water partition coefficient (Wildman–Crippen LogP) is 16.0. The molecule has 0 spiro atoms. The summed E-state index contributed by atoms with van der Waals surface area (Å²) in [7, 11) is -1.48. The zero-order valence-electron chi connectivity index (χ0n) is 35.3. The number of furan rings is 2. The van der Waals surface area contributed by atoms with E-state index in [1.54, 1.807) is 0 Å². The molecule has 2 aromatic heterocycles. The van der Waals surface area contributed by atoms with Crippen LogP contribution in [0.25, 0.3) is 70.3 Å². The molecule has 63 heavy (non-hydrogen) atoms. The second kappa shape index (κ2) is 14.5. The fourth-order valence-corrected chi connectivity index (χ4v) is 10.0. The molecule has 0 saturated carbocycles. The Hall–Kier alpha value is -8.10. The van der Waals surface area contributed by atoms with E-state index in [0.29, 0.717) is 11.3 Å². The lowest BCUT2D eigenvalue weighted by Crippen LogP contribution is -2.37. The molecule has 0 aliphatic carbocycles. The summed E-state index contributed by atoms with van der Waals surface area (Å²) in [5.41, 5.74) is 11.7. The molecule has 0 unspecified atom stereocenters. The molecule has 0 saturated heterocycles. The number of anilines is 6. The topological polar surface area (TPSA) is 60.9 Å². The van der Waals surface area contributed by atoms with Gasteiger partial charge in [-0.2, -0.15) is 5.26 Å². The van der Waals surface area contributed by atoms with Crippen LogP contribution in [0.2, 0.25) is 19.6 Å². The Balaban J connectivity index is 0.985. The van der Waals surface area contributed by atoms with Crippen LogP contribution in [0.3, 0.4) is 0 Å². The Kier molecular flexibility index (Phi) is 8.73. The third-order valence-corrected chi connectivity index (χ3v) is 14.3. The van der Waals surface area contributed by atoms with E-state index >= 15 is 0 Å². The molecule has 300 valence electrons. The highest BCUT2D eigenvalue weighted by Crippen LogP contribution is 2.43. The first-order valence-electron chi connectivity index (χ1n) is 21.1. The summed E-state index contributed by atoms with van der Waals surface area (Å²) in [6.07, 6.45) is 0. The Bertz CT molecular complexity index is 3680. The zero-order valence-corrected chi connectivity index (χ0v) is 36.3. The normalized spacial score (nSPS) is 11.8. The quantitative estimate of drug-likeness (QED) is 0.118. The molecule has 0 fully saturated rings. The van der Waals surface area contributed by atoms with E-state index < -0.39 is 8.07 Å². The van der Waals surface area contributed by atoms with Crippen LogP contribution in [0.1, 0.15) is 11.1 Å². The second-order valence-corrected chi connectivity index (χ2v) is 22.5. The van der Waals surface area contributed by atoms with Crippen molar-refractivity contribution in [2.45, 2.75) is 26.6 Å². The first-order valence-corrected chi connectivity index (χ1v) is 24.6. The van der Waals surface area contributed by atoms with E-state index in [2.05, 4.69) is 163 Å². The fourth-order valence-electron chi connectivity index (χ4n) is 8.84. The van der Waals surface area contributed by atoms with Gasteiger partial charge in [-0.1, -0.05) is 78.9 Å². The van der Waals surface area contributed by atoms with E-state index in [9.17, 15) is 5.26 Å². The van der Waals surface area contributed by atoms with Gasteiger partial charge in [-0.3, -0.25) is 0 Å². The Morgan fingerprint density at radius 2 is 0.873 bits per heavy atom. The van der Waals surface area contributed by atoms with Crippen LogP contribution in [0, 0.1) is 24.8 Å². The molecule has 0 radical (unpaired) electrons. The summed E-state index contributed by atoms with van der Waals surface area (Å²) in [4.78, 5) is 8.07. The summed E-state index contributed by atoms with van der Waals surface area (Å²) in [5, 5.41) is 19.5. The first kappa shape index (κ1) is 37.9. The van der Waals surface area contributed by atoms with E-state index in [4.69, 9.17) is 15.4 Å². The Morgan fingerprint density at radius 1 is 0.460 bits per heavy atom. The van der Waals surface area contributed by atoms with Gasteiger partial charge in [0.05, 0.1) is 26.3 Å². The van der Waals surface area contributed by atoms with Gasteiger partial charge in [-0.25, -0.2) is 4.85 Å². The van der Waals surface area contributed by atoms with Crippen LogP contribution in [-0.2, 0) is 0 Å². The van der Waals surface area contributed by atoms with E-state index in [1.165, 1.54) is 10.8 Å². The summed E-state index contributed by atoms with van der Waals surface area (Å²) in [6.45, 7) is 16.6. The molecule has 2 heterocycles. The number of nitriles is 1. The maximum Gasteiger partial charge on any atom is 0.187 e. The van der Waals surface area contributed by atoms with E-state index in [0.717, 1.165) is 99.5 Å². The van der Waals surface area contributed by atoms with Gasteiger partial charge in [0.25, 0.3) is 0 Å². The zero-order chi connectivity index (χ0) is 43.0. The highest BCUT2D eigenvalue weighted by atomic mass is 28.3. The van der Waals surface area contributed by atoms with Gasteiger partial charge in [-0.05, 0) is 144 Å². The molecule has 0 bridgehead atoms. The van der Waals surface area contributed by atoms with Gasteiger partial charge >= 0.3 is 0 Å². The molecule has 0 N–H and O–H groups in total. The number of fused-ring (bicyclic) bond motifs is 8. The number of benzene rings is 9. The molecule has 9 aromatic carbocycles.